The van der Waals surface area contributed by atoms with Gasteiger partial charge in [-0.2, -0.15) is 0 Å². The van der Waals surface area contributed by atoms with E-state index in [0.29, 0.717) is 35.9 Å². The number of fused-ring (bicyclic) bond motifs is 1. The van der Waals surface area contributed by atoms with Crippen LogP contribution in [0, 0.1) is 5.82 Å². The first-order valence-corrected chi connectivity index (χ1v) is 9.77. The summed E-state index contributed by atoms with van der Waals surface area (Å²) in [4.78, 5) is 26.4. The lowest BCUT2D eigenvalue weighted by Crippen LogP contribution is -2.17. The van der Waals surface area contributed by atoms with Crippen LogP contribution in [0.4, 0.5) is 10.3 Å². The largest absolute Gasteiger partial charge is 0.349 e. The lowest BCUT2D eigenvalue weighted by molar-refractivity contribution is 0.599. The Hall–Kier alpha value is -3.81. The van der Waals surface area contributed by atoms with Crippen molar-refractivity contribution in [1.29, 1.82) is 0 Å². The molecule has 0 radical (unpaired) electrons. The van der Waals surface area contributed by atoms with E-state index in [0.717, 1.165) is 24.4 Å². The Labute approximate surface area is 171 Å². The molecule has 0 amide bonds. The van der Waals surface area contributed by atoms with E-state index in [1.54, 1.807) is 35.3 Å². The number of nitrogens with one attached hydrogen (secondary N) is 1. The van der Waals surface area contributed by atoms with Crippen LogP contribution in [0.25, 0.3) is 22.5 Å². The van der Waals surface area contributed by atoms with Gasteiger partial charge in [-0.1, -0.05) is 18.2 Å². The minimum absolute atomic E-state index is 0.0873. The number of hydrogen-bond donors (Lipinski definition) is 1. The topological polar surface area (TPSA) is 77.6 Å². The molecule has 0 spiro atoms. The van der Waals surface area contributed by atoms with Crippen LogP contribution in [0.3, 0.4) is 0 Å². The van der Waals surface area contributed by atoms with Crippen LogP contribution in [0.15, 0.2) is 65.7 Å². The Bertz CT molecular complexity index is 1250. The van der Waals surface area contributed by atoms with Gasteiger partial charge in [-0.05, 0) is 42.3 Å². The Balaban J connectivity index is 1.56. The molecule has 5 rings (SSSR count). The third-order valence-corrected chi connectivity index (χ3v) is 5.16. The maximum atomic E-state index is 13.4. The summed E-state index contributed by atoms with van der Waals surface area (Å²) in [7, 11) is 0. The van der Waals surface area contributed by atoms with Crippen molar-refractivity contribution >= 4 is 5.95 Å². The van der Waals surface area contributed by atoms with Crippen molar-refractivity contribution in [3.05, 3.63) is 82.8 Å². The van der Waals surface area contributed by atoms with Gasteiger partial charge in [0.15, 0.2) is 0 Å². The molecule has 8 heteroatoms. The van der Waals surface area contributed by atoms with Crippen LogP contribution in [0.5, 0.6) is 0 Å². The minimum Gasteiger partial charge on any atom is -0.349 e. The van der Waals surface area contributed by atoms with E-state index in [1.807, 2.05) is 22.9 Å². The second-order valence-electron chi connectivity index (χ2n) is 7.08. The van der Waals surface area contributed by atoms with Gasteiger partial charge in [-0.15, -0.1) is 0 Å². The van der Waals surface area contributed by atoms with Gasteiger partial charge in [-0.3, -0.25) is 14.5 Å². The van der Waals surface area contributed by atoms with Crippen molar-refractivity contribution in [1.82, 2.24) is 24.3 Å². The SMILES string of the molecule is O=c1c(-c2ccc(F)cc2)c(-c2ccnc(NCc3ccccn3)n2)n2n1CCC2. The van der Waals surface area contributed by atoms with E-state index >= 15 is 0 Å². The molecule has 0 atom stereocenters. The number of anilines is 1. The zero-order valence-corrected chi connectivity index (χ0v) is 16.1. The van der Waals surface area contributed by atoms with Crippen molar-refractivity contribution in [2.24, 2.45) is 0 Å². The zero-order chi connectivity index (χ0) is 20.5. The number of benzene rings is 1. The summed E-state index contributed by atoms with van der Waals surface area (Å²) >= 11 is 0. The number of nitrogens with zero attached hydrogens (tertiary/aromatic N) is 5. The van der Waals surface area contributed by atoms with Gasteiger partial charge in [-0.25, -0.2) is 19.0 Å². The lowest BCUT2D eigenvalue weighted by atomic mass is 10.0. The van der Waals surface area contributed by atoms with Crippen LogP contribution in [-0.4, -0.2) is 24.3 Å². The molecule has 0 aliphatic carbocycles. The number of hydrogen-bond acceptors (Lipinski definition) is 5. The Morgan fingerprint density at radius 2 is 1.80 bits per heavy atom. The summed E-state index contributed by atoms with van der Waals surface area (Å²) in [6.45, 7) is 1.87. The summed E-state index contributed by atoms with van der Waals surface area (Å²) in [5.74, 6) is 0.115. The first-order valence-electron chi connectivity index (χ1n) is 9.77. The number of pyridine rings is 1. The standard InChI is InChI=1S/C22H19FN6O/c23-16-7-5-15(6-8-16)19-20(28-12-3-13-29(28)21(19)30)18-9-11-25-22(27-18)26-14-17-4-1-2-10-24-17/h1-2,4-11H,3,12-14H2,(H,25,26,27). The van der Waals surface area contributed by atoms with E-state index in [4.69, 9.17) is 0 Å². The van der Waals surface area contributed by atoms with E-state index in [2.05, 4.69) is 20.3 Å². The zero-order valence-electron chi connectivity index (χ0n) is 16.1. The van der Waals surface area contributed by atoms with Crippen LogP contribution >= 0.6 is 0 Å². The number of halogens is 1. The Morgan fingerprint density at radius 3 is 2.60 bits per heavy atom. The fourth-order valence-corrected chi connectivity index (χ4v) is 3.80. The highest BCUT2D eigenvalue weighted by Crippen LogP contribution is 2.31. The van der Waals surface area contributed by atoms with Crippen molar-refractivity contribution in [3.8, 4) is 22.5 Å². The van der Waals surface area contributed by atoms with E-state index in [1.165, 1.54) is 12.1 Å². The fourth-order valence-electron chi connectivity index (χ4n) is 3.80. The van der Waals surface area contributed by atoms with Gasteiger partial charge < -0.3 is 5.32 Å². The Kier molecular flexibility index (Phi) is 4.59. The smallest absolute Gasteiger partial charge is 0.275 e. The van der Waals surface area contributed by atoms with E-state index < -0.39 is 0 Å². The molecule has 150 valence electrons. The average Bonchev–Trinajstić information content (AvgIpc) is 3.36. The molecule has 0 bridgehead atoms. The molecule has 1 aliphatic heterocycles. The van der Waals surface area contributed by atoms with Gasteiger partial charge >= 0.3 is 0 Å². The summed E-state index contributed by atoms with van der Waals surface area (Å²) < 4.78 is 17.1. The third kappa shape index (κ3) is 3.26. The van der Waals surface area contributed by atoms with Crippen LogP contribution < -0.4 is 10.9 Å². The summed E-state index contributed by atoms with van der Waals surface area (Å²) in [5.41, 5.74) is 3.37. The molecule has 0 fully saturated rings. The van der Waals surface area contributed by atoms with Gasteiger partial charge in [0.05, 0.1) is 29.2 Å². The normalized spacial score (nSPS) is 12.7. The monoisotopic (exact) mass is 402 g/mol. The quantitative estimate of drug-likeness (QED) is 0.554. The van der Waals surface area contributed by atoms with Crippen molar-refractivity contribution in [2.45, 2.75) is 26.1 Å². The highest BCUT2D eigenvalue weighted by Gasteiger charge is 2.26. The molecule has 1 aliphatic rings. The molecule has 1 N–H and O–H groups in total. The Morgan fingerprint density at radius 1 is 0.967 bits per heavy atom. The van der Waals surface area contributed by atoms with E-state index in [-0.39, 0.29) is 11.4 Å². The third-order valence-electron chi connectivity index (χ3n) is 5.16. The number of rotatable bonds is 5. The molecule has 0 saturated heterocycles. The molecular weight excluding hydrogens is 383 g/mol. The van der Waals surface area contributed by atoms with E-state index in [9.17, 15) is 9.18 Å². The van der Waals surface area contributed by atoms with Crippen molar-refractivity contribution in [3.63, 3.8) is 0 Å². The molecule has 4 heterocycles. The first-order chi connectivity index (χ1) is 14.7. The molecule has 4 aromatic rings. The molecule has 7 nitrogen and oxygen atoms in total. The minimum atomic E-state index is -0.338. The predicted octanol–water partition coefficient (Wildman–Crippen LogP) is 3.32. The number of aromatic nitrogens is 5. The van der Waals surface area contributed by atoms with Gasteiger partial charge in [0.25, 0.3) is 5.56 Å². The van der Waals surface area contributed by atoms with Crippen molar-refractivity contribution < 1.29 is 4.39 Å². The molecular formula is C22H19FN6O. The molecule has 1 aromatic carbocycles. The van der Waals surface area contributed by atoms with Gasteiger partial charge in [0.2, 0.25) is 5.95 Å². The molecule has 30 heavy (non-hydrogen) atoms. The second kappa shape index (κ2) is 7.55. The summed E-state index contributed by atoms with van der Waals surface area (Å²) in [5, 5.41) is 3.18. The summed E-state index contributed by atoms with van der Waals surface area (Å²) in [6, 6.07) is 13.5. The fraction of sp³-hybridized carbons (Fsp3) is 0.182. The van der Waals surface area contributed by atoms with Gasteiger partial charge in [0.1, 0.15) is 5.82 Å². The molecule has 0 unspecified atom stereocenters. The molecule has 3 aromatic heterocycles. The van der Waals surface area contributed by atoms with Crippen molar-refractivity contribution in [2.75, 3.05) is 5.32 Å². The van der Waals surface area contributed by atoms with Gasteiger partial charge in [0, 0.05) is 25.5 Å². The van der Waals surface area contributed by atoms with Crippen LogP contribution in [-0.2, 0) is 19.6 Å². The maximum absolute atomic E-state index is 13.4. The first kappa shape index (κ1) is 18.2. The highest BCUT2D eigenvalue weighted by atomic mass is 19.1. The lowest BCUT2D eigenvalue weighted by Gasteiger charge is -2.10. The highest BCUT2D eigenvalue weighted by molar-refractivity contribution is 5.79. The molecule has 0 saturated carbocycles. The maximum Gasteiger partial charge on any atom is 0.275 e. The van der Waals surface area contributed by atoms with Crippen LogP contribution in [0.2, 0.25) is 0 Å². The van der Waals surface area contributed by atoms with Crippen LogP contribution in [0.1, 0.15) is 12.1 Å². The average molecular weight is 402 g/mol. The second-order valence-corrected chi connectivity index (χ2v) is 7.08. The predicted molar refractivity (Wildman–Crippen MR) is 111 cm³/mol. The summed E-state index contributed by atoms with van der Waals surface area (Å²) in [6.07, 6.45) is 4.30.